The number of imide groups is 1. The minimum absolute atomic E-state index is 0.0671. The Morgan fingerprint density at radius 2 is 1.57 bits per heavy atom. The summed E-state index contributed by atoms with van der Waals surface area (Å²) in [6, 6.07) is 3.80. The first kappa shape index (κ1) is 28.5. The Morgan fingerprint density at radius 3 is 2.16 bits per heavy atom. The summed E-state index contributed by atoms with van der Waals surface area (Å²) in [5, 5.41) is 38.4. The van der Waals surface area contributed by atoms with E-state index in [0.717, 1.165) is 4.90 Å². The van der Waals surface area contributed by atoms with Crippen molar-refractivity contribution in [3.8, 4) is 5.75 Å². The fraction of sp³-hybridized carbons (Fsp3) is 0.591. The molecule has 3 rings (SSSR count). The van der Waals surface area contributed by atoms with Crippen molar-refractivity contribution in [3.05, 3.63) is 24.3 Å². The highest BCUT2D eigenvalue weighted by Crippen LogP contribution is 2.24. The number of rotatable bonds is 14. The standard InChI is InChI=1S/C22H30N4O11/c1-13(28)23-17-19(30)18(29)16(12-27)37-20(17)36-11-9-34-7-6-33-8-10-35-15-4-2-14(3-5-15)26-21(31)24-25-22(26)32/h2-5,16-20,27,29-30H,6-12H2,1H3,(H,23,28)/t16?,17?,18-,19?,20+/m0/s1. The fourth-order valence-electron chi connectivity index (χ4n) is 3.55. The fourth-order valence-corrected chi connectivity index (χ4v) is 3.55. The Bertz CT molecular complexity index is 927. The topological polar surface area (TPSA) is 198 Å². The molecule has 1 aromatic rings. The van der Waals surface area contributed by atoms with Gasteiger partial charge in [0.1, 0.15) is 36.7 Å². The number of hydrogen-bond acceptors (Lipinski definition) is 11. The third-order valence-corrected chi connectivity index (χ3v) is 5.33. The van der Waals surface area contributed by atoms with Gasteiger partial charge in [-0.3, -0.25) is 4.79 Å². The molecule has 0 spiro atoms. The molecule has 4 N–H and O–H groups in total. The molecule has 5 amide bonds. The Labute approximate surface area is 211 Å². The molecule has 1 aromatic carbocycles. The van der Waals surface area contributed by atoms with Gasteiger partial charge in [0.25, 0.3) is 0 Å². The predicted molar refractivity (Wildman–Crippen MR) is 123 cm³/mol. The second-order valence-electron chi connectivity index (χ2n) is 7.97. The molecule has 2 aliphatic rings. The van der Waals surface area contributed by atoms with Crippen LogP contribution in [0.1, 0.15) is 6.92 Å². The molecule has 0 bridgehead atoms. The van der Waals surface area contributed by atoms with Crippen molar-refractivity contribution in [2.24, 2.45) is 10.2 Å². The highest BCUT2D eigenvalue weighted by molar-refractivity contribution is 6.17. The van der Waals surface area contributed by atoms with E-state index < -0.39 is 55.2 Å². The molecule has 2 heterocycles. The average molecular weight is 526 g/mol. The van der Waals surface area contributed by atoms with Gasteiger partial charge in [-0.1, -0.05) is 10.2 Å². The molecular formula is C22H30N4O11. The summed E-state index contributed by atoms with van der Waals surface area (Å²) >= 11 is 0. The van der Waals surface area contributed by atoms with E-state index in [1.165, 1.54) is 6.92 Å². The van der Waals surface area contributed by atoms with Crippen molar-refractivity contribution in [1.29, 1.82) is 0 Å². The van der Waals surface area contributed by atoms with Gasteiger partial charge >= 0.3 is 12.1 Å². The molecule has 0 radical (unpaired) electrons. The first-order valence-electron chi connectivity index (χ1n) is 11.5. The number of benzene rings is 1. The molecule has 0 aliphatic carbocycles. The van der Waals surface area contributed by atoms with E-state index >= 15 is 0 Å². The normalized spacial score (nSPS) is 25.5. The van der Waals surface area contributed by atoms with E-state index in [9.17, 15) is 29.7 Å². The maximum Gasteiger partial charge on any atom is 0.375 e. The van der Waals surface area contributed by atoms with Gasteiger partial charge in [0.2, 0.25) is 5.91 Å². The zero-order chi connectivity index (χ0) is 26.8. The van der Waals surface area contributed by atoms with E-state index in [2.05, 4.69) is 15.5 Å². The zero-order valence-electron chi connectivity index (χ0n) is 20.1. The summed E-state index contributed by atoms with van der Waals surface area (Å²) in [6.07, 6.45) is -4.88. The average Bonchev–Trinajstić information content (AvgIpc) is 3.22. The van der Waals surface area contributed by atoms with Crippen LogP contribution in [0.3, 0.4) is 0 Å². The van der Waals surface area contributed by atoms with Crippen LogP contribution in [0.25, 0.3) is 0 Å². The number of nitrogens with zero attached hydrogens (tertiary/aromatic N) is 3. The number of azo groups is 1. The Hall–Kier alpha value is -3.05. The number of carbonyl (C=O) groups is 3. The number of aliphatic hydroxyl groups excluding tert-OH is 3. The van der Waals surface area contributed by atoms with Gasteiger partial charge in [-0.2, -0.15) is 0 Å². The molecule has 15 heteroatoms. The number of ether oxygens (including phenoxy) is 5. The number of hydrogen-bond donors (Lipinski definition) is 4. The maximum absolute atomic E-state index is 11.5. The monoisotopic (exact) mass is 526 g/mol. The molecule has 0 aromatic heterocycles. The number of carbonyl (C=O) groups excluding carboxylic acids is 3. The summed E-state index contributed by atoms with van der Waals surface area (Å²) in [5.74, 6) is 0.0882. The number of urea groups is 2. The summed E-state index contributed by atoms with van der Waals surface area (Å²) in [6.45, 7) is 2.09. The molecule has 5 atom stereocenters. The molecule has 204 valence electrons. The highest BCUT2D eigenvalue weighted by Gasteiger charge is 2.45. The lowest BCUT2D eigenvalue weighted by Gasteiger charge is -2.42. The van der Waals surface area contributed by atoms with Gasteiger partial charge in [-0.15, -0.1) is 0 Å². The Morgan fingerprint density at radius 1 is 0.973 bits per heavy atom. The minimum Gasteiger partial charge on any atom is -0.491 e. The van der Waals surface area contributed by atoms with Crippen molar-refractivity contribution in [2.45, 2.75) is 37.6 Å². The van der Waals surface area contributed by atoms with Crippen LogP contribution in [-0.4, -0.2) is 110 Å². The molecule has 37 heavy (non-hydrogen) atoms. The molecule has 3 unspecified atom stereocenters. The van der Waals surface area contributed by atoms with Crippen molar-refractivity contribution in [3.63, 3.8) is 0 Å². The van der Waals surface area contributed by atoms with Gasteiger partial charge in [-0.25, -0.2) is 14.5 Å². The third kappa shape index (κ3) is 7.96. The number of nitrogens with one attached hydrogen (secondary N) is 1. The van der Waals surface area contributed by atoms with Crippen LogP contribution in [0, 0.1) is 0 Å². The number of amides is 5. The number of anilines is 1. The summed E-state index contributed by atoms with van der Waals surface area (Å²) in [5.41, 5.74) is 0.340. The largest absolute Gasteiger partial charge is 0.491 e. The van der Waals surface area contributed by atoms with Crippen molar-refractivity contribution in [2.75, 3.05) is 51.1 Å². The van der Waals surface area contributed by atoms with Crippen LogP contribution in [0.2, 0.25) is 0 Å². The zero-order valence-corrected chi connectivity index (χ0v) is 20.1. The van der Waals surface area contributed by atoms with E-state index in [1.807, 2.05) is 0 Å². The molecule has 1 fully saturated rings. The molecule has 0 saturated carbocycles. The van der Waals surface area contributed by atoms with E-state index in [4.69, 9.17) is 23.7 Å². The quantitative estimate of drug-likeness (QED) is 0.229. The van der Waals surface area contributed by atoms with Gasteiger partial charge in [0, 0.05) is 6.92 Å². The minimum atomic E-state index is -1.38. The van der Waals surface area contributed by atoms with Crippen LogP contribution < -0.4 is 15.0 Å². The second-order valence-corrected chi connectivity index (χ2v) is 7.97. The predicted octanol–water partition coefficient (Wildman–Crippen LogP) is -0.429. The lowest BCUT2D eigenvalue weighted by atomic mass is 9.97. The van der Waals surface area contributed by atoms with E-state index in [0.29, 0.717) is 24.7 Å². The van der Waals surface area contributed by atoms with Gasteiger partial charge in [-0.05, 0) is 24.3 Å². The van der Waals surface area contributed by atoms with Crippen molar-refractivity contribution in [1.82, 2.24) is 5.32 Å². The van der Waals surface area contributed by atoms with Crippen molar-refractivity contribution >= 4 is 23.7 Å². The summed E-state index contributed by atoms with van der Waals surface area (Å²) < 4.78 is 27.4. The van der Waals surface area contributed by atoms with Gasteiger partial charge in [0.05, 0.1) is 45.3 Å². The molecular weight excluding hydrogens is 496 g/mol. The van der Waals surface area contributed by atoms with Gasteiger partial charge < -0.3 is 44.3 Å². The first-order valence-corrected chi connectivity index (χ1v) is 11.5. The Balaban J connectivity index is 1.25. The van der Waals surface area contributed by atoms with Crippen LogP contribution >= 0.6 is 0 Å². The number of aliphatic hydroxyl groups is 3. The van der Waals surface area contributed by atoms with Crippen LogP contribution in [0.5, 0.6) is 5.75 Å². The van der Waals surface area contributed by atoms with E-state index in [1.54, 1.807) is 24.3 Å². The van der Waals surface area contributed by atoms with Crippen LogP contribution in [0.4, 0.5) is 15.3 Å². The third-order valence-electron chi connectivity index (χ3n) is 5.33. The lowest BCUT2D eigenvalue weighted by Crippen LogP contribution is -2.64. The SMILES string of the molecule is CC(=O)NC1C(O)[C@@H](O)C(CO)O[C@H]1OCCOCCOCCOc1ccc(N2C(=O)N=NC2=O)cc1. The second kappa shape index (κ2) is 14.0. The lowest BCUT2D eigenvalue weighted by molar-refractivity contribution is -0.272. The smallest absolute Gasteiger partial charge is 0.375 e. The molecule has 15 nitrogen and oxygen atoms in total. The summed E-state index contributed by atoms with van der Waals surface area (Å²) in [4.78, 5) is 35.3. The first-order chi connectivity index (χ1) is 17.8. The Kier molecular flexibility index (Phi) is 10.8. The maximum atomic E-state index is 11.5. The van der Waals surface area contributed by atoms with Crippen molar-refractivity contribution < 1.29 is 53.4 Å². The molecule has 2 aliphatic heterocycles. The van der Waals surface area contributed by atoms with Crippen LogP contribution in [-0.2, 0) is 23.7 Å². The van der Waals surface area contributed by atoms with E-state index in [-0.39, 0.29) is 26.4 Å². The summed E-state index contributed by atoms with van der Waals surface area (Å²) in [7, 11) is 0. The van der Waals surface area contributed by atoms with Gasteiger partial charge in [0.15, 0.2) is 6.29 Å². The molecule has 1 saturated heterocycles. The highest BCUT2D eigenvalue weighted by atomic mass is 16.7. The van der Waals surface area contributed by atoms with Crippen LogP contribution in [0.15, 0.2) is 34.5 Å².